The van der Waals surface area contributed by atoms with Crippen LogP contribution in [0, 0.1) is 0 Å². The number of ether oxygens (including phenoxy) is 1. The predicted molar refractivity (Wildman–Crippen MR) is 70.8 cm³/mol. The SMILES string of the molecule is CN(C)CCOCCNC(=O)c1cn(CCN)nn1. The first-order valence-electron chi connectivity index (χ1n) is 6.24. The number of nitrogens with two attached hydrogens (primary N) is 1. The highest BCUT2D eigenvalue weighted by Crippen LogP contribution is 1.92. The van der Waals surface area contributed by atoms with Crippen LogP contribution in [0.25, 0.3) is 0 Å². The number of rotatable bonds is 9. The topological polar surface area (TPSA) is 98.3 Å². The lowest BCUT2D eigenvalue weighted by Gasteiger charge is -2.09. The second kappa shape index (κ2) is 8.57. The normalized spacial score (nSPS) is 10.9. The van der Waals surface area contributed by atoms with Crippen LogP contribution in [-0.4, -0.2) is 72.7 Å². The Hall–Kier alpha value is -1.51. The fourth-order valence-corrected chi connectivity index (χ4v) is 1.32. The minimum Gasteiger partial charge on any atom is -0.378 e. The zero-order valence-electron chi connectivity index (χ0n) is 11.5. The van der Waals surface area contributed by atoms with Crippen molar-refractivity contribution in [2.24, 2.45) is 5.73 Å². The van der Waals surface area contributed by atoms with E-state index in [9.17, 15) is 4.79 Å². The van der Waals surface area contributed by atoms with Crippen LogP contribution in [0.1, 0.15) is 10.5 Å². The monoisotopic (exact) mass is 270 g/mol. The van der Waals surface area contributed by atoms with E-state index >= 15 is 0 Å². The zero-order chi connectivity index (χ0) is 14.1. The lowest BCUT2D eigenvalue weighted by Crippen LogP contribution is -2.28. The van der Waals surface area contributed by atoms with Crippen LogP contribution < -0.4 is 11.1 Å². The standard InChI is InChI=1S/C11H22N6O2/c1-16(2)6-8-19-7-4-13-11(18)10-9-17(5-3-12)15-14-10/h9H,3-8,12H2,1-2H3,(H,13,18). The van der Waals surface area contributed by atoms with Crippen LogP contribution >= 0.6 is 0 Å². The van der Waals surface area contributed by atoms with Gasteiger partial charge in [0.15, 0.2) is 5.69 Å². The summed E-state index contributed by atoms with van der Waals surface area (Å²) in [6, 6.07) is 0. The molecule has 3 N–H and O–H groups in total. The first-order chi connectivity index (χ1) is 9.13. The van der Waals surface area contributed by atoms with E-state index in [-0.39, 0.29) is 5.91 Å². The molecule has 1 rings (SSSR count). The summed E-state index contributed by atoms with van der Waals surface area (Å²) in [4.78, 5) is 13.7. The molecule has 0 saturated carbocycles. The van der Waals surface area contributed by atoms with Crippen LogP contribution in [0.15, 0.2) is 6.20 Å². The van der Waals surface area contributed by atoms with Crippen molar-refractivity contribution in [1.82, 2.24) is 25.2 Å². The Balaban J connectivity index is 2.16. The maximum Gasteiger partial charge on any atom is 0.273 e. The molecule has 0 spiro atoms. The van der Waals surface area contributed by atoms with Crippen molar-refractivity contribution in [3.8, 4) is 0 Å². The third-order valence-electron chi connectivity index (χ3n) is 2.34. The number of nitrogens with zero attached hydrogens (tertiary/aromatic N) is 4. The molecule has 0 aliphatic rings. The van der Waals surface area contributed by atoms with Gasteiger partial charge in [0, 0.05) is 19.6 Å². The Labute approximate surface area is 112 Å². The molecule has 8 nitrogen and oxygen atoms in total. The van der Waals surface area contributed by atoms with Gasteiger partial charge in [-0.25, -0.2) is 0 Å². The molecular formula is C11H22N6O2. The Kier molecular flexibility index (Phi) is 7.01. The molecule has 0 aromatic carbocycles. The van der Waals surface area contributed by atoms with Gasteiger partial charge in [0.25, 0.3) is 5.91 Å². The molecule has 0 aliphatic heterocycles. The third-order valence-corrected chi connectivity index (χ3v) is 2.34. The molecule has 1 amide bonds. The Bertz CT molecular complexity index is 379. The highest BCUT2D eigenvalue weighted by molar-refractivity contribution is 5.91. The number of amides is 1. The summed E-state index contributed by atoms with van der Waals surface area (Å²) < 4.78 is 6.90. The smallest absolute Gasteiger partial charge is 0.273 e. The predicted octanol–water partition coefficient (Wildman–Crippen LogP) is -1.46. The van der Waals surface area contributed by atoms with Gasteiger partial charge in [-0.2, -0.15) is 0 Å². The van der Waals surface area contributed by atoms with E-state index < -0.39 is 0 Å². The zero-order valence-corrected chi connectivity index (χ0v) is 11.5. The molecule has 0 radical (unpaired) electrons. The van der Waals surface area contributed by atoms with Crippen molar-refractivity contribution in [2.75, 3.05) is 46.9 Å². The molecule has 1 aromatic heterocycles. The summed E-state index contributed by atoms with van der Waals surface area (Å²) in [6.45, 7) is 3.46. The van der Waals surface area contributed by atoms with Crippen molar-refractivity contribution < 1.29 is 9.53 Å². The van der Waals surface area contributed by atoms with Gasteiger partial charge in [0.2, 0.25) is 0 Å². The lowest BCUT2D eigenvalue weighted by molar-refractivity contribution is 0.0895. The molecule has 0 atom stereocenters. The van der Waals surface area contributed by atoms with Gasteiger partial charge in [0.1, 0.15) is 0 Å². The Morgan fingerprint density at radius 3 is 3.00 bits per heavy atom. The minimum absolute atomic E-state index is 0.250. The number of hydrogen-bond donors (Lipinski definition) is 2. The molecule has 0 bridgehead atoms. The van der Waals surface area contributed by atoms with Crippen molar-refractivity contribution in [3.63, 3.8) is 0 Å². The maximum atomic E-state index is 11.7. The van der Waals surface area contributed by atoms with E-state index in [4.69, 9.17) is 10.5 Å². The van der Waals surface area contributed by atoms with Crippen LogP contribution in [0.4, 0.5) is 0 Å². The molecule has 0 unspecified atom stereocenters. The number of carbonyl (C=O) groups excluding carboxylic acids is 1. The molecule has 108 valence electrons. The van der Waals surface area contributed by atoms with Crippen molar-refractivity contribution in [3.05, 3.63) is 11.9 Å². The number of hydrogen-bond acceptors (Lipinski definition) is 6. The molecule has 0 aliphatic carbocycles. The molecular weight excluding hydrogens is 248 g/mol. The van der Waals surface area contributed by atoms with E-state index in [2.05, 4.69) is 15.6 Å². The highest BCUT2D eigenvalue weighted by atomic mass is 16.5. The Morgan fingerprint density at radius 1 is 1.53 bits per heavy atom. The van der Waals surface area contributed by atoms with Crippen molar-refractivity contribution in [1.29, 1.82) is 0 Å². The quantitative estimate of drug-likeness (QED) is 0.532. The molecule has 0 saturated heterocycles. The summed E-state index contributed by atoms with van der Waals surface area (Å²) in [5.41, 5.74) is 5.68. The van der Waals surface area contributed by atoms with Crippen LogP contribution in [-0.2, 0) is 11.3 Å². The fourth-order valence-electron chi connectivity index (χ4n) is 1.32. The number of aromatic nitrogens is 3. The molecule has 1 aromatic rings. The largest absolute Gasteiger partial charge is 0.378 e. The molecule has 1 heterocycles. The summed E-state index contributed by atoms with van der Waals surface area (Å²) >= 11 is 0. The van der Waals surface area contributed by atoms with E-state index in [0.717, 1.165) is 6.54 Å². The summed E-state index contributed by atoms with van der Waals surface area (Å²) in [5, 5.41) is 10.3. The fraction of sp³-hybridized carbons (Fsp3) is 0.727. The second-order valence-corrected chi connectivity index (χ2v) is 4.33. The minimum atomic E-state index is -0.250. The number of nitrogens with one attached hydrogen (secondary N) is 1. The highest BCUT2D eigenvalue weighted by Gasteiger charge is 2.09. The van der Waals surface area contributed by atoms with Gasteiger partial charge in [-0.15, -0.1) is 5.10 Å². The number of carbonyl (C=O) groups is 1. The maximum absolute atomic E-state index is 11.7. The average Bonchev–Trinajstić information content (AvgIpc) is 2.82. The van der Waals surface area contributed by atoms with Gasteiger partial charge in [-0.1, -0.05) is 5.21 Å². The molecule has 0 fully saturated rings. The van der Waals surface area contributed by atoms with Gasteiger partial charge in [-0.05, 0) is 14.1 Å². The van der Waals surface area contributed by atoms with E-state index in [1.165, 1.54) is 0 Å². The summed E-state index contributed by atoms with van der Waals surface area (Å²) in [7, 11) is 3.96. The average molecular weight is 270 g/mol. The summed E-state index contributed by atoms with van der Waals surface area (Å²) in [6.07, 6.45) is 1.58. The van der Waals surface area contributed by atoms with E-state index in [0.29, 0.717) is 38.5 Å². The van der Waals surface area contributed by atoms with E-state index in [1.807, 2.05) is 19.0 Å². The van der Waals surface area contributed by atoms with Gasteiger partial charge in [0.05, 0.1) is 26.0 Å². The molecule has 8 heteroatoms. The Morgan fingerprint density at radius 2 is 2.32 bits per heavy atom. The van der Waals surface area contributed by atoms with E-state index in [1.54, 1.807) is 10.9 Å². The van der Waals surface area contributed by atoms with Crippen molar-refractivity contribution >= 4 is 5.91 Å². The van der Waals surface area contributed by atoms with Crippen molar-refractivity contribution in [2.45, 2.75) is 6.54 Å². The summed E-state index contributed by atoms with van der Waals surface area (Å²) in [5.74, 6) is -0.250. The van der Waals surface area contributed by atoms with Gasteiger partial charge in [-0.3, -0.25) is 9.48 Å². The third kappa shape index (κ3) is 6.27. The van der Waals surface area contributed by atoms with Gasteiger partial charge >= 0.3 is 0 Å². The first-order valence-corrected chi connectivity index (χ1v) is 6.24. The first kappa shape index (κ1) is 15.5. The lowest BCUT2D eigenvalue weighted by atomic mass is 10.4. The second-order valence-electron chi connectivity index (χ2n) is 4.33. The van der Waals surface area contributed by atoms with Gasteiger partial charge < -0.3 is 20.7 Å². The molecule has 19 heavy (non-hydrogen) atoms. The number of likely N-dealkylation sites (N-methyl/N-ethyl adjacent to an activating group) is 1. The van der Waals surface area contributed by atoms with Crippen LogP contribution in [0.3, 0.4) is 0 Å². The van der Waals surface area contributed by atoms with Crippen LogP contribution in [0.2, 0.25) is 0 Å². The van der Waals surface area contributed by atoms with Crippen LogP contribution in [0.5, 0.6) is 0 Å².